The van der Waals surface area contributed by atoms with Crippen LogP contribution in [0.25, 0.3) is 0 Å². The lowest BCUT2D eigenvalue weighted by Crippen LogP contribution is -2.40. The van der Waals surface area contributed by atoms with E-state index in [9.17, 15) is 9.59 Å². The van der Waals surface area contributed by atoms with Gasteiger partial charge in [-0.15, -0.1) is 0 Å². The normalized spacial score (nSPS) is 11.6. The number of nitrogens with one attached hydrogen (secondary N) is 2. The molecule has 0 aliphatic rings. The van der Waals surface area contributed by atoms with Gasteiger partial charge in [0.2, 0.25) is 0 Å². The van der Waals surface area contributed by atoms with Crippen molar-refractivity contribution < 1.29 is 9.59 Å². The van der Waals surface area contributed by atoms with Gasteiger partial charge < -0.3 is 10.6 Å². The highest BCUT2D eigenvalue weighted by Gasteiger charge is 2.16. The molecule has 0 radical (unpaired) electrons. The number of hydrogen-bond donors (Lipinski definition) is 2. The van der Waals surface area contributed by atoms with Crippen LogP contribution in [0.1, 0.15) is 36.6 Å². The van der Waals surface area contributed by atoms with Gasteiger partial charge in [0.1, 0.15) is 0 Å². The average Bonchev–Trinajstić information content (AvgIpc) is 2.60. The van der Waals surface area contributed by atoms with Crippen molar-refractivity contribution in [1.82, 2.24) is 10.6 Å². The minimum Gasteiger partial charge on any atom is -0.344 e. The van der Waals surface area contributed by atoms with Gasteiger partial charge in [-0.25, -0.2) is 0 Å². The van der Waals surface area contributed by atoms with Gasteiger partial charge in [-0.2, -0.15) is 0 Å². The molecule has 0 saturated carbocycles. The van der Waals surface area contributed by atoms with Crippen LogP contribution in [-0.4, -0.2) is 11.8 Å². The standard InChI is InChI=1S/C19H22N2O2/c1-3-15-9-11-16(12-10-15)13-20-18(22)19(23)21-14(2)17-7-5-4-6-8-17/h4-12,14H,3,13H2,1-2H3,(H,20,22)(H,21,23)/t14-/m0/s1. The third-order valence-corrected chi connectivity index (χ3v) is 3.74. The Morgan fingerprint density at radius 1 is 0.913 bits per heavy atom. The second-order valence-corrected chi connectivity index (χ2v) is 5.46. The molecule has 2 N–H and O–H groups in total. The number of carbonyl (C=O) groups is 2. The van der Waals surface area contributed by atoms with E-state index in [0.717, 1.165) is 17.5 Å². The van der Waals surface area contributed by atoms with Gasteiger partial charge in [-0.05, 0) is 30.0 Å². The summed E-state index contributed by atoms with van der Waals surface area (Å²) in [6, 6.07) is 17.3. The molecule has 0 bridgehead atoms. The Hall–Kier alpha value is -2.62. The molecule has 2 amide bonds. The van der Waals surface area contributed by atoms with Crippen molar-refractivity contribution >= 4 is 11.8 Å². The molecule has 0 unspecified atom stereocenters. The highest BCUT2D eigenvalue weighted by molar-refractivity contribution is 6.35. The molecule has 0 aromatic heterocycles. The molecule has 120 valence electrons. The van der Waals surface area contributed by atoms with Crippen LogP contribution in [-0.2, 0) is 22.6 Å². The minimum atomic E-state index is -0.619. The lowest BCUT2D eigenvalue weighted by Gasteiger charge is -2.14. The van der Waals surface area contributed by atoms with Crippen molar-refractivity contribution in [3.8, 4) is 0 Å². The Morgan fingerprint density at radius 2 is 1.52 bits per heavy atom. The molecule has 0 aliphatic heterocycles. The summed E-state index contributed by atoms with van der Waals surface area (Å²) in [6.07, 6.45) is 0.979. The quantitative estimate of drug-likeness (QED) is 0.834. The van der Waals surface area contributed by atoms with Crippen molar-refractivity contribution in [2.24, 2.45) is 0 Å². The van der Waals surface area contributed by atoms with Crippen LogP contribution in [0.15, 0.2) is 54.6 Å². The van der Waals surface area contributed by atoms with Crippen molar-refractivity contribution in [3.63, 3.8) is 0 Å². The smallest absolute Gasteiger partial charge is 0.309 e. The van der Waals surface area contributed by atoms with Gasteiger partial charge in [0.25, 0.3) is 0 Å². The third kappa shape index (κ3) is 4.95. The van der Waals surface area contributed by atoms with E-state index in [4.69, 9.17) is 0 Å². The summed E-state index contributed by atoms with van der Waals surface area (Å²) in [4.78, 5) is 23.8. The van der Waals surface area contributed by atoms with Gasteiger partial charge in [-0.3, -0.25) is 9.59 Å². The minimum absolute atomic E-state index is 0.210. The molecule has 0 fully saturated rings. The Kier molecular flexibility index (Phi) is 5.92. The van der Waals surface area contributed by atoms with E-state index < -0.39 is 11.8 Å². The van der Waals surface area contributed by atoms with E-state index >= 15 is 0 Å². The fraction of sp³-hybridized carbons (Fsp3) is 0.263. The monoisotopic (exact) mass is 310 g/mol. The molecule has 2 aromatic rings. The van der Waals surface area contributed by atoms with E-state index in [0.29, 0.717) is 6.54 Å². The molecular formula is C19H22N2O2. The van der Waals surface area contributed by atoms with Gasteiger partial charge >= 0.3 is 11.8 Å². The van der Waals surface area contributed by atoms with E-state index in [-0.39, 0.29) is 6.04 Å². The maximum absolute atomic E-state index is 11.9. The molecule has 1 atom stereocenters. The summed E-state index contributed by atoms with van der Waals surface area (Å²) in [7, 11) is 0. The molecule has 0 aliphatic carbocycles. The molecule has 0 spiro atoms. The summed E-state index contributed by atoms with van der Waals surface area (Å²) >= 11 is 0. The van der Waals surface area contributed by atoms with Crippen LogP contribution in [0.3, 0.4) is 0 Å². The summed E-state index contributed by atoms with van der Waals surface area (Å²) in [6.45, 7) is 4.29. The fourth-order valence-electron chi connectivity index (χ4n) is 2.24. The van der Waals surface area contributed by atoms with Gasteiger partial charge in [0.15, 0.2) is 0 Å². The van der Waals surface area contributed by atoms with E-state index in [1.54, 1.807) is 0 Å². The Labute approximate surface area is 136 Å². The van der Waals surface area contributed by atoms with Gasteiger partial charge in [0, 0.05) is 6.54 Å². The molecule has 23 heavy (non-hydrogen) atoms. The first-order valence-electron chi connectivity index (χ1n) is 7.81. The van der Waals surface area contributed by atoms with Crippen LogP contribution in [0, 0.1) is 0 Å². The Morgan fingerprint density at radius 3 is 2.13 bits per heavy atom. The van der Waals surface area contributed by atoms with Crippen molar-refractivity contribution in [2.45, 2.75) is 32.9 Å². The van der Waals surface area contributed by atoms with Crippen LogP contribution >= 0.6 is 0 Å². The predicted octanol–water partition coefficient (Wildman–Crippen LogP) is 2.74. The summed E-state index contributed by atoms with van der Waals surface area (Å²) < 4.78 is 0. The third-order valence-electron chi connectivity index (χ3n) is 3.74. The summed E-state index contributed by atoms with van der Waals surface area (Å²) in [5.74, 6) is -1.24. The summed E-state index contributed by atoms with van der Waals surface area (Å²) in [5, 5.41) is 5.34. The number of hydrogen-bond acceptors (Lipinski definition) is 2. The zero-order valence-electron chi connectivity index (χ0n) is 13.5. The highest BCUT2D eigenvalue weighted by Crippen LogP contribution is 2.10. The molecule has 2 rings (SSSR count). The number of amides is 2. The molecule has 4 nitrogen and oxygen atoms in total. The molecule has 4 heteroatoms. The second kappa shape index (κ2) is 8.13. The first kappa shape index (κ1) is 16.7. The largest absolute Gasteiger partial charge is 0.344 e. The maximum atomic E-state index is 11.9. The zero-order valence-corrected chi connectivity index (χ0v) is 13.5. The highest BCUT2D eigenvalue weighted by atomic mass is 16.2. The molecule has 0 heterocycles. The predicted molar refractivity (Wildman–Crippen MR) is 90.7 cm³/mol. The number of rotatable bonds is 5. The lowest BCUT2D eigenvalue weighted by atomic mass is 10.1. The lowest BCUT2D eigenvalue weighted by molar-refractivity contribution is -0.139. The Bertz CT molecular complexity index is 651. The van der Waals surface area contributed by atoms with Crippen molar-refractivity contribution in [2.75, 3.05) is 0 Å². The molecule has 2 aromatic carbocycles. The first-order valence-corrected chi connectivity index (χ1v) is 7.81. The molecule has 0 saturated heterocycles. The fourth-order valence-corrected chi connectivity index (χ4v) is 2.24. The summed E-state index contributed by atoms with van der Waals surface area (Å²) in [5.41, 5.74) is 3.18. The average molecular weight is 310 g/mol. The molecular weight excluding hydrogens is 288 g/mol. The van der Waals surface area contributed by atoms with E-state index in [1.165, 1.54) is 5.56 Å². The first-order chi connectivity index (χ1) is 11.1. The van der Waals surface area contributed by atoms with E-state index in [1.807, 2.05) is 61.5 Å². The number of carbonyl (C=O) groups excluding carboxylic acids is 2. The zero-order chi connectivity index (χ0) is 16.7. The Balaban J connectivity index is 1.83. The number of aryl methyl sites for hydroxylation is 1. The van der Waals surface area contributed by atoms with Crippen molar-refractivity contribution in [1.29, 1.82) is 0 Å². The maximum Gasteiger partial charge on any atom is 0.309 e. The number of benzene rings is 2. The van der Waals surface area contributed by atoms with Crippen LogP contribution in [0.2, 0.25) is 0 Å². The van der Waals surface area contributed by atoms with Gasteiger partial charge in [0.05, 0.1) is 6.04 Å². The van der Waals surface area contributed by atoms with Crippen LogP contribution < -0.4 is 10.6 Å². The second-order valence-electron chi connectivity index (χ2n) is 5.46. The van der Waals surface area contributed by atoms with Crippen molar-refractivity contribution in [3.05, 3.63) is 71.3 Å². The van der Waals surface area contributed by atoms with E-state index in [2.05, 4.69) is 17.6 Å². The topological polar surface area (TPSA) is 58.2 Å². The van der Waals surface area contributed by atoms with Crippen LogP contribution in [0.4, 0.5) is 0 Å². The van der Waals surface area contributed by atoms with Gasteiger partial charge in [-0.1, -0.05) is 61.5 Å². The SMILES string of the molecule is CCc1ccc(CNC(=O)C(=O)N[C@@H](C)c2ccccc2)cc1. The van der Waals surface area contributed by atoms with Crippen LogP contribution in [0.5, 0.6) is 0 Å².